The molecule has 162 valence electrons. The Labute approximate surface area is 183 Å². The van der Waals surface area contributed by atoms with Gasteiger partial charge in [0.2, 0.25) is 0 Å². The monoisotopic (exact) mass is 428 g/mol. The van der Waals surface area contributed by atoms with E-state index in [9.17, 15) is 9.90 Å². The summed E-state index contributed by atoms with van der Waals surface area (Å²) >= 11 is 1.69. The van der Waals surface area contributed by atoms with Crippen molar-refractivity contribution in [3.63, 3.8) is 0 Å². The largest absolute Gasteiger partial charge is 0.444 e. The van der Waals surface area contributed by atoms with E-state index < -0.39 is 23.8 Å². The van der Waals surface area contributed by atoms with E-state index in [2.05, 4.69) is 27.8 Å². The molecule has 0 aliphatic carbocycles. The number of nitrogens with zero attached hydrogens (tertiary/aromatic N) is 1. The van der Waals surface area contributed by atoms with E-state index in [0.717, 1.165) is 24.9 Å². The first-order valence-electron chi connectivity index (χ1n) is 10.5. The second-order valence-corrected chi connectivity index (χ2v) is 9.84. The maximum Gasteiger partial charge on any atom is 0.407 e. The molecule has 2 N–H and O–H groups in total. The minimum atomic E-state index is -0.726. The molecule has 2 aromatic carbocycles. The van der Waals surface area contributed by atoms with E-state index in [4.69, 9.17) is 4.74 Å². The average Bonchev–Trinajstić information content (AvgIpc) is 2.88. The molecule has 2 atom stereocenters. The van der Waals surface area contributed by atoms with Crippen molar-refractivity contribution in [2.75, 3.05) is 13.1 Å². The van der Waals surface area contributed by atoms with Crippen LogP contribution >= 0.6 is 11.9 Å². The summed E-state index contributed by atoms with van der Waals surface area (Å²) in [5.41, 5.74) is 1.83. The molecule has 1 aliphatic heterocycles. The van der Waals surface area contributed by atoms with Gasteiger partial charge in [0.05, 0.1) is 12.1 Å². The predicted molar refractivity (Wildman–Crippen MR) is 122 cm³/mol. The van der Waals surface area contributed by atoms with Gasteiger partial charge in [-0.15, -0.1) is 0 Å². The zero-order chi connectivity index (χ0) is 21.6. The zero-order valence-electron chi connectivity index (χ0n) is 18.0. The Kier molecular flexibility index (Phi) is 7.81. The average molecular weight is 429 g/mol. The summed E-state index contributed by atoms with van der Waals surface area (Å²) in [4.78, 5) is 13.6. The fourth-order valence-electron chi connectivity index (χ4n) is 3.50. The molecule has 5 nitrogen and oxygen atoms in total. The lowest BCUT2D eigenvalue weighted by molar-refractivity contribution is 0.0405. The van der Waals surface area contributed by atoms with Gasteiger partial charge in [-0.3, -0.25) is 0 Å². The first-order chi connectivity index (χ1) is 14.3. The Morgan fingerprint density at radius 1 is 1.17 bits per heavy atom. The molecule has 0 radical (unpaired) electrons. The third-order valence-corrected chi connectivity index (χ3v) is 6.09. The van der Waals surface area contributed by atoms with Gasteiger partial charge in [-0.25, -0.2) is 9.10 Å². The van der Waals surface area contributed by atoms with Gasteiger partial charge in [0.1, 0.15) is 5.60 Å². The topological polar surface area (TPSA) is 61.8 Å². The number of aliphatic hydroxyl groups excluding tert-OH is 1. The molecule has 1 aliphatic rings. The summed E-state index contributed by atoms with van der Waals surface area (Å²) in [6.07, 6.45) is 1.39. The third kappa shape index (κ3) is 7.04. The van der Waals surface area contributed by atoms with Crippen molar-refractivity contribution in [2.24, 2.45) is 0 Å². The van der Waals surface area contributed by atoms with Crippen LogP contribution in [0.15, 0.2) is 59.5 Å². The SMILES string of the molecule is CC(C)(C)OC(=O)N[C@@H](Cc1ccccc1)[C@H](O)CN1CCCc2ccccc2S1. The van der Waals surface area contributed by atoms with Crippen LogP contribution in [0.25, 0.3) is 0 Å². The summed E-state index contributed by atoms with van der Waals surface area (Å²) in [5, 5.41) is 14.0. The summed E-state index contributed by atoms with van der Waals surface area (Å²) in [6.45, 7) is 6.86. The predicted octanol–water partition coefficient (Wildman–Crippen LogP) is 4.44. The number of hydrogen-bond acceptors (Lipinski definition) is 5. The second kappa shape index (κ2) is 10.3. The van der Waals surface area contributed by atoms with E-state index in [1.165, 1.54) is 10.5 Å². The van der Waals surface area contributed by atoms with Crippen molar-refractivity contribution in [3.05, 3.63) is 65.7 Å². The number of rotatable bonds is 6. The van der Waals surface area contributed by atoms with Crippen molar-refractivity contribution in [3.8, 4) is 0 Å². The number of benzene rings is 2. The number of carbonyl (C=O) groups excluding carboxylic acids is 1. The lowest BCUT2D eigenvalue weighted by atomic mass is 10.0. The second-order valence-electron chi connectivity index (χ2n) is 8.70. The molecule has 1 amide bonds. The summed E-state index contributed by atoms with van der Waals surface area (Å²) in [7, 11) is 0. The molecule has 0 fully saturated rings. The van der Waals surface area contributed by atoms with Crippen molar-refractivity contribution in [1.82, 2.24) is 9.62 Å². The van der Waals surface area contributed by atoms with Crippen LogP contribution in [-0.2, 0) is 17.6 Å². The Balaban J connectivity index is 1.69. The maximum atomic E-state index is 12.4. The van der Waals surface area contributed by atoms with Gasteiger partial charge in [-0.1, -0.05) is 48.5 Å². The zero-order valence-corrected chi connectivity index (χ0v) is 18.8. The minimum absolute atomic E-state index is 0.443. The van der Waals surface area contributed by atoms with Crippen LogP contribution in [0.2, 0.25) is 0 Å². The van der Waals surface area contributed by atoms with Crippen LogP contribution < -0.4 is 5.32 Å². The highest BCUT2D eigenvalue weighted by Crippen LogP contribution is 2.31. The first-order valence-corrected chi connectivity index (χ1v) is 11.3. The van der Waals surface area contributed by atoms with Gasteiger partial charge in [0, 0.05) is 18.0 Å². The van der Waals surface area contributed by atoms with Crippen LogP contribution in [0.3, 0.4) is 0 Å². The number of hydrogen-bond donors (Lipinski definition) is 2. The molecule has 0 unspecified atom stereocenters. The van der Waals surface area contributed by atoms with E-state index in [1.807, 2.05) is 57.2 Å². The smallest absolute Gasteiger partial charge is 0.407 e. The molecule has 0 saturated carbocycles. The highest BCUT2D eigenvalue weighted by atomic mass is 32.2. The highest BCUT2D eigenvalue weighted by Gasteiger charge is 2.27. The van der Waals surface area contributed by atoms with Crippen LogP contribution in [0, 0.1) is 0 Å². The maximum absolute atomic E-state index is 12.4. The summed E-state index contributed by atoms with van der Waals surface area (Å²) < 4.78 is 7.63. The molecule has 1 heterocycles. The first kappa shape index (κ1) is 22.7. The molecular formula is C24H32N2O3S. The van der Waals surface area contributed by atoms with Gasteiger partial charge < -0.3 is 15.2 Å². The number of aryl methyl sites for hydroxylation is 1. The quantitative estimate of drug-likeness (QED) is 0.666. The standard InChI is InChI=1S/C24H32N2O3S/c1-24(2,3)29-23(28)25-20(16-18-10-5-4-6-11-18)21(27)17-26-15-9-13-19-12-7-8-14-22(19)30-26/h4-8,10-12,14,20-21,27H,9,13,15-17H2,1-3H3,(H,25,28)/t20-,21+/m0/s1. The van der Waals surface area contributed by atoms with Gasteiger partial charge in [0.25, 0.3) is 0 Å². The third-order valence-electron chi connectivity index (χ3n) is 4.91. The molecule has 0 saturated heterocycles. The lowest BCUT2D eigenvalue weighted by Gasteiger charge is -2.30. The number of nitrogens with one attached hydrogen (secondary N) is 1. The van der Waals surface area contributed by atoms with Crippen molar-refractivity contribution in [2.45, 2.75) is 62.7 Å². The van der Waals surface area contributed by atoms with E-state index >= 15 is 0 Å². The summed E-state index contributed by atoms with van der Waals surface area (Å²) in [5.74, 6) is 0. The normalized spacial score (nSPS) is 16.8. The van der Waals surface area contributed by atoms with Crippen LogP contribution in [0.4, 0.5) is 4.79 Å². The Morgan fingerprint density at radius 3 is 2.60 bits per heavy atom. The van der Waals surface area contributed by atoms with Gasteiger partial charge in [-0.2, -0.15) is 0 Å². The Hall–Kier alpha value is -2.02. The number of ether oxygens (including phenoxy) is 1. The van der Waals surface area contributed by atoms with Crippen LogP contribution in [-0.4, -0.2) is 46.3 Å². The highest BCUT2D eigenvalue weighted by molar-refractivity contribution is 7.97. The van der Waals surface area contributed by atoms with Crippen molar-refractivity contribution < 1.29 is 14.6 Å². The van der Waals surface area contributed by atoms with Crippen LogP contribution in [0.1, 0.15) is 38.3 Å². The molecule has 0 spiro atoms. The van der Waals surface area contributed by atoms with E-state index in [0.29, 0.717) is 13.0 Å². The lowest BCUT2D eigenvalue weighted by Crippen LogP contribution is -2.49. The molecular weight excluding hydrogens is 396 g/mol. The Morgan fingerprint density at radius 2 is 1.87 bits per heavy atom. The van der Waals surface area contributed by atoms with Gasteiger partial charge >= 0.3 is 6.09 Å². The van der Waals surface area contributed by atoms with Crippen molar-refractivity contribution in [1.29, 1.82) is 0 Å². The molecule has 2 aromatic rings. The fraction of sp³-hybridized carbons (Fsp3) is 0.458. The number of carbonyl (C=O) groups is 1. The van der Waals surface area contributed by atoms with Crippen LogP contribution in [0.5, 0.6) is 0 Å². The van der Waals surface area contributed by atoms with Crippen molar-refractivity contribution >= 4 is 18.0 Å². The number of aliphatic hydroxyl groups is 1. The summed E-state index contributed by atoms with van der Waals surface area (Å²) in [6, 6.07) is 17.9. The molecule has 3 rings (SSSR count). The molecule has 6 heteroatoms. The van der Waals surface area contributed by atoms with Gasteiger partial charge in [0.15, 0.2) is 0 Å². The number of fused-ring (bicyclic) bond motifs is 1. The van der Waals surface area contributed by atoms with E-state index in [1.54, 1.807) is 11.9 Å². The fourth-order valence-corrected chi connectivity index (χ4v) is 4.66. The number of β-amino-alcohol motifs (C(OH)–C–C–N with tert-alkyl or cyclic N) is 1. The number of alkyl carbamates (subject to hydrolysis) is 1. The van der Waals surface area contributed by atoms with E-state index in [-0.39, 0.29) is 0 Å². The minimum Gasteiger partial charge on any atom is -0.444 e. The number of amides is 1. The molecule has 0 aromatic heterocycles. The molecule has 0 bridgehead atoms. The van der Waals surface area contributed by atoms with Gasteiger partial charge in [-0.05, 0) is 69.2 Å². The Bertz CT molecular complexity index is 823. The molecule has 30 heavy (non-hydrogen) atoms.